The number of allylic oxidation sites excluding steroid dienone is 1. The fourth-order valence-electron chi connectivity index (χ4n) is 7.53. The number of aromatic nitrogens is 1. The lowest BCUT2D eigenvalue weighted by atomic mass is 9.90. The number of ketones is 2. The van der Waals surface area contributed by atoms with Crippen LogP contribution in [0.3, 0.4) is 0 Å². The molecule has 8 nitrogen and oxygen atoms in total. The van der Waals surface area contributed by atoms with Gasteiger partial charge in [0, 0.05) is 12.6 Å². The van der Waals surface area contributed by atoms with E-state index >= 15 is 0 Å². The van der Waals surface area contributed by atoms with Crippen LogP contribution in [0.25, 0.3) is 5.57 Å². The van der Waals surface area contributed by atoms with Crippen molar-refractivity contribution in [1.82, 2.24) is 10.3 Å². The molecule has 2 heterocycles. The van der Waals surface area contributed by atoms with Crippen molar-refractivity contribution >= 4 is 23.0 Å². The maximum absolute atomic E-state index is 13.1. The van der Waals surface area contributed by atoms with Crippen LogP contribution in [0.4, 0.5) is 5.82 Å². The summed E-state index contributed by atoms with van der Waals surface area (Å²) in [5.74, 6) is 0.971. The summed E-state index contributed by atoms with van der Waals surface area (Å²) in [6, 6.07) is 24.3. The number of nitrogens with one attached hydrogen (secondary N) is 1. The van der Waals surface area contributed by atoms with Gasteiger partial charge in [-0.1, -0.05) is 80.3 Å². The van der Waals surface area contributed by atoms with E-state index in [1.54, 1.807) is 18.3 Å². The van der Waals surface area contributed by atoms with Crippen LogP contribution in [-0.2, 0) is 41.7 Å². The minimum Gasteiger partial charge on any atom is -0.504 e. The highest BCUT2D eigenvalue weighted by atomic mass is 16.5. The molecule has 0 saturated carbocycles. The molecule has 1 aliphatic rings. The van der Waals surface area contributed by atoms with E-state index in [1.807, 2.05) is 12.1 Å². The predicted octanol–water partition coefficient (Wildman–Crippen LogP) is 7.78. The number of benzene rings is 3. The van der Waals surface area contributed by atoms with Gasteiger partial charge in [-0.2, -0.15) is 0 Å². The van der Waals surface area contributed by atoms with E-state index in [9.17, 15) is 19.8 Å². The van der Waals surface area contributed by atoms with Crippen molar-refractivity contribution in [2.45, 2.75) is 89.9 Å². The van der Waals surface area contributed by atoms with E-state index in [1.165, 1.54) is 55.6 Å². The van der Waals surface area contributed by atoms with E-state index in [0.717, 1.165) is 75.1 Å². The number of aryl methyl sites for hydroxylation is 4. The molecule has 286 valence electrons. The van der Waals surface area contributed by atoms with Gasteiger partial charge in [0.2, 0.25) is 0 Å². The molecule has 1 saturated heterocycles. The largest absolute Gasteiger partial charge is 0.504 e. The number of aromatic hydroxyl groups is 1. The highest BCUT2D eigenvalue weighted by Crippen LogP contribution is 2.35. The second-order valence-corrected chi connectivity index (χ2v) is 14.7. The quantitative estimate of drug-likeness (QED) is 0.0388. The highest BCUT2D eigenvalue weighted by molar-refractivity contribution is 6.07. The van der Waals surface area contributed by atoms with Gasteiger partial charge in [0.15, 0.2) is 17.3 Å². The summed E-state index contributed by atoms with van der Waals surface area (Å²) in [6.45, 7) is 1.81. The third-order valence-electron chi connectivity index (χ3n) is 10.6. The second-order valence-electron chi connectivity index (χ2n) is 14.7. The summed E-state index contributed by atoms with van der Waals surface area (Å²) >= 11 is 0. The molecule has 0 unspecified atom stereocenters. The molecule has 0 atom stereocenters. The average Bonchev–Trinajstić information content (AvgIpc) is 3.18. The first kappa shape index (κ1) is 40.4. The van der Waals surface area contributed by atoms with E-state index in [4.69, 9.17) is 10.5 Å². The number of rotatable bonds is 21. The van der Waals surface area contributed by atoms with Crippen LogP contribution >= 0.6 is 0 Å². The zero-order valence-electron chi connectivity index (χ0n) is 31.8. The Kier molecular flexibility index (Phi) is 15.9. The summed E-state index contributed by atoms with van der Waals surface area (Å²) in [5.41, 5.74) is 13.6. The zero-order valence-corrected chi connectivity index (χ0v) is 31.8. The minimum absolute atomic E-state index is 0.0527. The van der Waals surface area contributed by atoms with Gasteiger partial charge in [-0.15, -0.1) is 0 Å². The number of aliphatic hydroxyl groups excluding tert-OH is 1. The number of unbranched alkanes of at least 4 members (excludes halogenated alkanes) is 3. The van der Waals surface area contributed by atoms with Crippen molar-refractivity contribution in [2.75, 3.05) is 32.5 Å². The van der Waals surface area contributed by atoms with Crippen LogP contribution in [0.15, 0.2) is 85.1 Å². The van der Waals surface area contributed by atoms with Gasteiger partial charge in [-0.25, -0.2) is 4.98 Å². The summed E-state index contributed by atoms with van der Waals surface area (Å²) in [5, 5.41) is 24.7. The first-order valence-corrected chi connectivity index (χ1v) is 19.6. The van der Waals surface area contributed by atoms with Crippen LogP contribution in [0.2, 0.25) is 0 Å². The Bertz CT molecular complexity index is 1850. The third kappa shape index (κ3) is 12.7. The second kappa shape index (κ2) is 21.2. The topological polar surface area (TPSA) is 135 Å². The van der Waals surface area contributed by atoms with Crippen molar-refractivity contribution < 1.29 is 24.5 Å². The van der Waals surface area contributed by atoms with Crippen molar-refractivity contribution in [2.24, 2.45) is 5.92 Å². The molecule has 3 aromatic carbocycles. The number of methoxy groups -OCH3 is 1. The van der Waals surface area contributed by atoms with E-state index in [2.05, 4.69) is 58.8 Å². The van der Waals surface area contributed by atoms with Crippen LogP contribution < -0.4 is 15.8 Å². The van der Waals surface area contributed by atoms with Gasteiger partial charge in [-0.05, 0) is 139 Å². The molecule has 5 rings (SSSR count). The maximum Gasteiger partial charge on any atom is 0.163 e. The van der Waals surface area contributed by atoms with Gasteiger partial charge >= 0.3 is 0 Å². The number of nitrogens with zero attached hydrogens (tertiary/aromatic N) is 1. The zero-order chi connectivity index (χ0) is 38.1. The molecule has 8 heteroatoms. The molecule has 1 aromatic heterocycles. The fourth-order valence-corrected chi connectivity index (χ4v) is 7.53. The monoisotopic (exact) mass is 731 g/mol. The first-order valence-electron chi connectivity index (χ1n) is 19.6. The Morgan fingerprint density at radius 2 is 1.56 bits per heavy atom. The molecule has 0 spiro atoms. The van der Waals surface area contributed by atoms with Crippen molar-refractivity contribution in [1.29, 1.82) is 0 Å². The van der Waals surface area contributed by atoms with Gasteiger partial charge in [0.1, 0.15) is 11.6 Å². The van der Waals surface area contributed by atoms with Gasteiger partial charge in [0.25, 0.3) is 0 Å². The number of phenolic OH excluding ortho intramolecular Hbond substituents is 1. The molecule has 4 aromatic rings. The van der Waals surface area contributed by atoms with Crippen LogP contribution in [0.5, 0.6) is 11.5 Å². The Balaban J connectivity index is 1.23. The van der Waals surface area contributed by atoms with Gasteiger partial charge in [-0.3, -0.25) is 9.59 Å². The number of phenols is 1. The number of anilines is 1. The smallest absolute Gasteiger partial charge is 0.163 e. The number of ether oxygens (including phenoxy) is 1. The lowest BCUT2D eigenvalue weighted by Crippen LogP contribution is -2.27. The number of aliphatic hydroxyl groups is 1. The maximum atomic E-state index is 13.1. The lowest BCUT2D eigenvalue weighted by molar-refractivity contribution is -0.124. The molecular weight excluding hydrogens is 675 g/mol. The predicted molar refractivity (Wildman–Crippen MR) is 217 cm³/mol. The van der Waals surface area contributed by atoms with E-state index in [-0.39, 0.29) is 29.5 Å². The summed E-state index contributed by atoms with van der Waals surface area (Å²) in [4.78, 5) is 30.3. The molecular formula is C46H57N3O5. The normalized spacial score (nSPS) is 13.6. The van der Waals surface area contributed by atoms with Gasteiger partial charge in [0.05, 0.1) is 20.1 Å². The Morgan fingerprint density at radius 3 is 2.30 bits per heavy atom. The third-order valence-corrected chi connectivity index (χ3v) is 10.6. The number of nitrogen functional groups attached to an aromatic ring is 1. The molecule has 5 N–H and O–H groups in total. The Labute approximate surface area is 320 Å². The molecule has 1 aliphatic heterocycles. The number of hydrogen-bond acceptors (Lipinski definition) is 8. The number of nitrogens with two attached hydrogens (primary N) is 1. The van der Waals surface area contributed by atoms with Crippen LogP contribution in [0, 0.1) is 5.92 Å². The van der Waals surface area contributed by atoms with Gasteiger partial charge < -0.3 is 26.0 Å². The molecule has 0 aliphatic carbocycles. The van der Waals surface area contributed by atoms with Crippen molar-refractivity contribution in [3.63, 3.8) is 0 Å². The van der Waals surface area contributed by atoms with Crippen LogP contribution in [-0.4, -0.2) is 53.6 Å². The fraction of sp³-hybridized carbons (Fsp3) is 0.413. The average molecular weight is 732 g/mol. The molecule has 0 radical (unpaired) electrons. The lowest BCUT2D eigenvalue weighted by Gasteiger charge is -2.22. The Hall–Kier alpha value is -4.79. The Morgan fingerprint density at radius 1 is 0.852 bits per heavy atom. The number of Topliss-reactive ketones (excluding diaryl/α,β-unsaturated/α-hetero) is 1. The first-order chi connectivity index (χ1) is 26.3. The number of carbonyl (C=O) groups excluding carboxylic acids is 2. The molecule has 1 fully saturated rings. The minimum atomic E-state index is -0.425. The number of carbonyl (C=O) groups is 2. The number of piperidine rings is 1. The van der Waals surface area contributed by atoms with Crippen molar-refractivity contribution in [3.8, 4) is 11.5 Å². The number of hydrogen-bond donors (Lipinski definition) is 4. The van der Waals surface area contributed by atoms with E-state index in [0.29, 0.717) is 35.4 Å². The molecule has 0 bridgehead atoms. The summed E-state index contributed by atoms with van der Waals surface area (Å²) in [6.07, 6.45) is 15.0. The molecule has 0 amide bonds. The number of pyridine rings is 1. The van der Waals surface area contributed by atoms with Crippen molar-refractivity contribution in [3.05, 3.63) is 124 Å². The molecule has 54 heavy (non-hydrogen) atoms. The summed E-state index contributed by atoms with van der Waals surface area (Å²) < 4.78 is 5.41. The standard InChI is InChI=1S/C46H57N3O5/c1-54-45-30-43(40(32-50)26-42(52)29-41(51)15-8-3-2-5-12-34-20-22-48-23-21-34)38(27-44(45)53)25-39-31-49-46(47)28-37(39)19-18-36-14-9-13-35(24-36)17-16-33-10-6-4-7-11-33/h4,6-7,9-11,13-14,24,26-28,30-31,34,48,50,53H,2-3,5,8,12,15-23,25,29,32H2,1H3,(H2,47,49). The van der Waals surface area contributed by atoms with Crippen LogP contribution in [0.1, 0.15) is 96.7 Å². The highest BCUT2D eigenvalue weighted by Gasteiger charge is 2.18. The summed E-state index contributed by atoms with van der Waals surface area (Å²) in [7, 11) is 1.46. The van der Waals surface area contributed by atoms with E-state index < -0.39 is 6.61 Å². The SMILES string of the molecule is COc1cc(C(=CC(=O)CC(=O)CCCCCCC2CCNCC2)CO)c(Cc2cnc(N)cc2CCc2cccc(CCc3ccccc3)c2)cc1O.